The van der Waals surface area contributed by atoms with Gasteiger partial charge in [-0.3, -0.25) is 19.2 Å². The van der Waals surface area contributed by atoms with Gasteiger partial charge in [0, 0.05) is 36.5 Å². The van der Waals surface area contributed by atoms with E-state index in [1.54, 1.807) is 18.3 Å². The second-order valence-electron chi connectivity index (χ2n) is 11.7. The lowest BCUT2D eigenvalue weighted by atomic mass is 10.0. The highest BCUT2D eigenvalue weighted by Crippen LogP contribution is 2.20. The Labute approximate surface area is 279 Å². The Balaban J connectivity index is 0.00000500. The molecule has 1 saturated heterocycles. The van der Waals surface area contributed by atoms with Gasteiger partial charge in [-0.05, 0) is 60.6 Å². The molecule has 47 heavy (non-hydrogen) atoms. The van der Waals surface area contributed by atoms with Crippen molar-refractivity contribution in [3.8, 4) is 5.75 Å². The van der Waals surface area contributed by atoms with Crippen LogP contribution < -0.4 is 27.0 Å². The largest absolute Gasteiger partial charge is 0.508 e. The van der Waals surface area contributed by atoms with Gasteiger partial charge in [0.2, 0.25) is 23.6 Å². The lowest BCUT2D eigenvalue weighted by Gasteiger charge is -2.25. The first-order chi connectivity index (χ1) is 22.3. The third-order valence-electron chi connectivity index (χ3n) is 8.23. The Morgan fingerprint density at radius 1 is 0.830 bits per heavy atom. The topological polar surface area (TPSA) is 178 Å². The molecule has 0 saturated carbocycles. The number of fused-ring (bicyclic) bond motifs is 1. The minimum atomic E-state index is -1.04. The normalized spacial score (nSPS) is 19.9. The fourth-order valence-corrected chi connectivity index (χ4v) is 5.67. The maximum Gasteiger partial charge on any atom is 0.243 e. The van der Waals surface area contributed by atoms with E-state index >= 15 is 0 Å². The Morgan fingerprint density at radius 3 is 2.28 bits per heavy atom. The van der Waals surface area contributed by atoms with Gasteiger partial charge in [-0.1, -0.05) is 60.7 Å². The van der Waals surface area contributed by atoms with Gasteiger partial charge in [-0.25, -0.2) is 0 Å². The van der Waals surface area contributed by atoms with Crippen LogP contribution >= 0.6 is 12.4 Å². The van der Waals surface area contributed by atoms with Crippen LogP contribution in [0.15, 0.2) is 85.1 Å². The van der Waals surface area contributed by atoms with Crippen molar-refractivity contribution < 1.29 is 24.3 Å². The third kappa shape index (κ3) is 9.57. The van der Waals surface area contributed by atoms with Crippen molar-refractivity contribution in [2.24, 2.45) is 5.73 Å². The van der Waals surface area contributed by atoms with Crippen molar-refractivity contribution in [3.63, 3.8) is 0 Å². The number of phenolic OH excluding ortho intramolecular Hbond substituents is 1. The number of phenols is 1. The number of nitrogens with one attached hydrogen (secondary N) is 5. The zero-order valence-electron chi connectivity index (χ0n) is 25.9. The average Bonchev–Trinajstić information content (AvgIpc) is 3.47. The summed E-state index contributed by atoms with van der Waals surface area (Å²) in [5.41, 5.74) is 9.56. The summed E-state index contributed by atoms with van der Waals surface area (Å²) < 4.78 is 0. The number of aromatic amines is 1. The summed E-state index contributed by atoms with van der Waals surface area (Å²) in [4.78, 5) is 57.3. The predicted molar refractivity (Wildman–Crippen MR) is 182 cm³/mol. The van der Waals surface area contributed by atoms with Crippen molar-refractivity contribution >= 4 is 46.9 Å². The lowest BCUT2D eigenvalue weighted by molar-refractivity contribution is -0.133. The number of benzene rings is 3. The molecule has 0 bridgehead atoms. The number of para-hydroxylation sites is 1. The molecule has 0 radical (unpaired) electrons. The van der Waals surface area contributed by atoms with E-state index in [-0.39, 0.29) is 49.7 Å². The van der Waals surface area contributed by atoms with E-state index in [1.165, 1.54) is 12.1 Å². The molecule has 3 aromatic carbocycles. The summed E-state index contributed by atoms with van der Waals surface area (Å²) in [5.74, 6) is -1.73. The first-order valence-corrected chi connectivity index (χ1v) is 15.6. The quantitative estimate of drug-likeness (QED) is 0.153. The van der Waals surface area contributed by atoms with Crippen molar-refractivity contribution in [3.05, 3.63) is 102 Å². The van der Waals surface area contributed by atoms with E-state index < -0.39 is 41.9 Å². The number of hydrogen-bond acceptors (Lipinski definition) is 6. The minimum Gasteiger partial charge on any atom is -0.508 e. The Morgan fingerprint density at radius 2 is 1.51 bits per heavy atom. The third-order valence-corrected chi connectivity index (χ3v) is 8.23. The first-order valence-electron chi connectivity index (χ1n) is 15.6. The first kappa shape index (κ1) is 35.0. The monoisotopic (exact) mass is 660 g/mol. The van der Waals surface area contributed by atoms with Gasteiger partial charge in [-0.2, -0.15) is 0 Å². The molecule has 4 atom stereocenters. The Bertz CT molecular complexity index is 1660. The van der Waals surface area contributed by atoms with E-state index in [9.17, 15) is 24.3 Å². The highest BCUT2D eigenvalue weighted by molar-refractivity contribution is 5.95. The summed E-state index contributed by atoms with van der Waals surface area (Å²) in [5, 5.41) is 21.9. The Hall–Kier alpha value is -4.87. The fraction of sp³-hybridized carbons (Fsp3) is 0.314. The number of hydrogen-bond donors (Lipinski definition) is 7. The van der Waals surface area contributed by atoms with Crippen molar-refractivity contribution in [2.45, 2.75) is 62.7 Å². The molecule has 2 unspecified atom stereocenters. The molecule has 0 spiro atoms. The van der Waals surface area contributed by atoms with Gasteiger partial charge < -0.3 is 37.1 Å². The van der Waals surface area contributed by atoms with Crippen LogP contribution in [0.3, 0.4) is 0 Å². The van der Waals surface area contributed by atoms with Crippen LogP contribution in [0.1, 0.15) is 36.0 Å². The smallest absolute Gasteiger partial charge is 0.243 e. The van der Waals surface area contributed by atoms with Crippen LogP contribution in [0.5, 0.6) is 5.75 Å². The van der Waals surface area contributed by atoms with E-state index in [1.807, 2.05) is 54.6 Å². The molecule has 4 aromatic rings. The molecule has 8 N–H and O–H groups in total. The molecule has 1 aliphatic heterocycles. The summed E-state index contributed by atoms with van der Waals surface area (Å²) in [6.45, 7) is 0.349. The van der Waals surface area contributed by atoms with E-state index in [0.29, 0.717) is 19.4 Å². The predicted octanol–water partition coefficient (Wildman–Crippen LogP) is 2.40. The van der Waals surface area contributed by atoms with Crippen LogP contribution in [0.4, 0.5) is 0 Å². The maximum atomic E-state index is 13.9. The number of rotatable bonds is 8. The lowest BCUT2D eigenvalue weighted by Crippen LogP contribution is -2.58. The second kappa shape index (κ2) is 16.6. The summed E-state index contributed by atoms with van der Waals surface area (Å²) >= 11 is 0. The number of carbonyl (C=O) groups excluding carboxylic acids is 4. The molecule has 248 valence electrons. The van der Waals surface area contributed by atoms with E-state index in [2.05, 4.69) is 26.3 Å². The molecular formula is C35H41ClN6O5. The van der Waals surface area contributed by atoms with Gasteiger partial charge in [0.1, 0.15) is 23.9 Å². The number of H-pyrrole nitrogens is 1. The molecule has 5 rings (SSSR count). The van der Waals surface area contributed by atoms with Gasteiger partial charge >= 0.3 is 0 Å². The molecule has 0 aliphatic carbocycles. The number of carbonyl (C=O) groups is 4. The number of amides is 4. The standard InChI is InChI=1S/C35H40N6O5.ClH/c36-27(18-23-13-15-25(42)16-14-23)32(43)39-29-12-6-7-17-37-33(44)30(19-22-8-2-1-3-9-22)40-35(46)31(41-34(29)45)20-24-21-38-28-11-5-4-10-26(24)28;/h1-5,8-11,13-16,21,27,29-31,38,42H,6-7,12,17-20,36H2,(H,37,44)(H,39,43)(H,40,46)(H,41,45);1H/t27-,29?,30-,31?;/m0./s1. The van der Waals surface area contributed by atoms with Gasteiger partial charge in [0.25, 0.3) is 0 Å². The SMILES string of the molecule is Cl.N[C@@H](Cc1ccc(O)cc1)C(=O)NC1CCCCNC(=O)[C@H](Cc2ccccc2)NC(=O)C(Cc2c[nH]c3ccccc23)NC1=O. The zero-order chi connectivity index (χ0) is 32.5. The van der Waals surface area contributed by atoms with E-state index in [4.69, 9.17) is 5.73 Å². The molecule has 4 amide bonds. The minimum absolute atomic E-state index is 0. The molecule has 12 heteroatoms. The van der Waals surface area contributed by atoms with Gasteiger partial charge in [-0.15, -0.1) is 12.4 Å². The summed E-state index contributed by atoms with van der Waals surface area (Å²) in [6, 6.07) is 19.7. The highest BCUT2D eigenvalue weighted by Gasteiger charge is 2.31. The van der Waals surface area contributed by atoms with Crippen molar-refractivity contribution in [1.82, 2.24) is 26.3 Å². The van der Waals surface area contributed by atoms with Crippen LogP contribution in [0.25, 0.3) is 10.9 Å². The summed E-state index contributed by atoms with van der Waals surface area (Å²) in [7, 11) is 0. The molecule has 11 nitrogen and oxygen atoms in total. The fourth-order valence-electron chi connectivity index (χ4n) is 5.67. The van der Waals surface area contributed by atoms with Crippen LogP contribution in [-0.4, -0.2) is 64.4 Å². The number of halogens is 1. The van der Waals surface area contributed by atoms with Crippen molar-refractivity contribution in [2.75, 3.05) is 6.54 Å². The van der Waals surface area contributed by atoms with Crippen LogP contribution in [0, 0.1) is 0 Å². The number of aromatic hydroxyl groups is 1. The van der Waals surface area contributed by atoms with Crippen LogP contribution in [-0.2, 0) is 38.4 Å². The highest BCUT2D eigenvalue weighted by atomic mass is 35.5. The van der Waals surface area contributed by atoms with Crippen LogP contribution in [0.2, 0.25) is 0 Å². The second-order valence-corrected chi connectivity index (χ2v) is 11.7. The molecule has 2 heterocycles. The zero-order valence-corrected chi connectivity index (χ0v) is 26.7. The van der Waals surface area contributed by atoms with Gasteiger partial charge in [0.05, 0.1) is 6.04 Å². The summed E-state index contributed by atoms with van der Waals surface area (Å²) in [6.07, 6.45) is 3.83. The number of nitrogens with two attached hydrogens (primary N) is 1. The van der Waals surface area contributed by atoms with E-state index in [0.717, 1.165) is 27.6 Å². The molecule has 1 aliphatic rings. The maximum absolute atomic E-state index is 13.9. The molecule has 1 fully saturated rings. The Kier molecular flexibility index (Phi) is 12.4. The average molecular weight is 661 g/mol. The molecular weight excluding hydrogens is 620 g/mol. The van der Waals surface area contributed by atoms with Crippen molar-refractivity contribution in [1.29, 1.82) is 0 Å². The molecule has 1 aromatic heterocycles. The van der Waals surface area contributed by atoms with Gasteiger partial charge in [0.15, 0.2) is 0 Å². The number of aromatic nitrogens is 1.